The van der Waals surface area contributed by atoms with Gasteiger partial charge >= 0.3 is 0 Å². The van der Waals surface area contributed by atoms with Crippen molar-refractivity contribution < 1.29 is 0 Å². The van der Waals surface area contributed by atoms with Gasteiger partial charge in [-0.25, -0.2) is 0 Å². The van der Waals surface area contributed by atoms with Crippen molar-refractivity contribution in [3.63, 3.8) is 0 Å². The molecule has 0 radical (unpaired) electrons. The van der Waals surface area contributed by atoms with Crippen molar-refractivity contribution in [3.05, 3.63) is 71.4 Å². The first-order valence-electron chi connectivity index (χ1n) is 6.11. The minimum atomic E-state index is 0.682. The number of benzene rings is 2. The molecule has 1 N–H and O–H groups in total. The average Bonchev–Trinajstić information content (AvgIpc) is 2.89. The van der Waals surface area contributed by atoms with Crippen molar-refractivity contribution in [1.29, 1.82) is 5.26 Å². The predicted molar refractivity (Wildman–Crippen MR) is 78.4 cm³/mol. The van der Waals surface area contributed by atoms with Crippen LogP contribution in [0.3, 0.4) is 0 Å². The summed E-state index contributed by atoms with van der Waals surface area (Å²) in [5.41, 5.74) is 4.00. The van der Waals surface area contributed by atoms with Gasteiger partial charge in [0, 0.05) is 17.1 Å². The average molecular weight is 244 g/mol. The lowest BCUT2D eigenvalue weighted by Gasteiger charge is -1.94. The number of aromatic amines is 1. The first-order chi connectivity index (χ1) is 9.36. The third-order valence-corrected chi connectivity index (χ3v) is 3.09. The van der Waals surface area contributed by atoms with Gasteiger partial charge in [-0.1, -0.05) is 42.5 Å². The van der Waals surface area contributed by atoms with Gasteiger partial charge in [-0.2, -0.15) is 5.26 Å². The number of para-hydroxylation sites is 1. The predicted octanol–water partition coefficient (Wildman–Crippen LogP) is 4.21. The second-order valence-electron chi connectivity index (χ2n) is 4.36. The number of hydrogen-bond donors (Lipinski definition) is 1. The van der Waals surface area contributed by atoms with Crippen LogP contribution in [-0.2, 0) is 0 Å². The van der Waals surface area contributed by atoms with E-state index in [4.69, 9.17) is 5.26 Å². The molecule has 19 heavy (non-hydrogen) atoms. The summed E-state index contributed by atoms with van der Waals surface area (Å²) in [6.45, 7) is 0. The minimum Gasteiger partial charge on any atom is -0.361 e. The molecular formula is C17H12N2. The van der Waals surface area contributed by atoms with Crippen molar-refractivity contribution in [2.45, 2.75) is 0 Å². The van der Waals surface area contributed by atoms with Gasteiger partial charge in [0.25, 0.3) is 0 Å². The maximum Gasteiger partial charge on any atom is 0.0991 e. The molecule has 0 aliphatic heterocycles. The van der Waals surface area contributed by atoms with Gasteiger partial charge in [0.15, 0.2) is 0 Å². The molecule has 2 heteroatoms. The van der Waals surface area contributed by atoms with Crippen molar-refractivity contribution in [1.82, 2.24) is 4.98 Å². The second-order valence-corrected chi connectivity index (χ2v) is 4.36. The zero-order valence-electron chi connectivity index (χ0n) is 10.3. The number of fused-ring (bicyclic) bond motifs is 1. The molecule has 0 spiro atoms. The van der Waals surface area contributed by atoms with Gasteiger partial charge in [0.05, 0.1) is 11.6 Å². The van der Waals surface area contributed by atoms with Gasteiger partial charge in [0.2, 0.25) is 0 Å². The van der Waals surface area contributed by atoms with E-state index in [0.29, 0.717) is 5.56 Å². The van der Waals surface area contributed by atoms with Crippen LogP contribution in [0.25, 0.3) is 23.1 Å². The first kappa shape index (κ1) is 11.3. The Bertz CT molecular complexity index is 788. The maximum absolute atomic E-state index is 8.88. The van der Waals surface area contributed by atoms with Crippen molar-refractivity contribution >= 4 is 23.1 Å². The van der Waals surface area contributed by atoms with Gasteiger partial charge in [-0.3, -0.25) is 0 Å². The fraction of sp³-hybridized carbons (Fsp3) is 0. The fourth-order valence-corrected chi connectivity index (χ4v) is 2.13. The third kappa shape index (κ3) is 2.27. The van der Waals surface area contributed by atoms with Crippen molar-refractivity contribution in [2.75, 3.05) is 0 Å². The lowest BCUT2D eigenvalue weighted by atomic mass is 10.1. The van der Waals surface area contributed by atoms with Crippen molar-refractivity contribution in [2.24, 2.45) is 0 Å². The Morgan fingerprint density at radius 3 is 2.79 bits per heavy atom. The molecule has 2 aromatic carbocycles. The number of nitrogens with one attached hydrogen (secondary N) is 1. The van der Waals surface area contributed by atoms with Crippen molar-refractivity contribution in [3.8, 4) is 6.07 Å². The monoisotopic (exact) mass is 244 g/mol. The van der Waals surface area contributed by atoms with E-state index in [0.717, 1.165) is 16.6 Å². The third-order valence-electron chi connectivity index (χ3n) is 3.09. The molecule has 1 heterocycles. The summed E-state index contributed by atoms with van der Waals surface area (Å²) in [5.74, 6) is 0. The summed E-state index contributed by atoms with van der Waals surface area (Å²) in [5, 5.41) is 10.1. The molecular weight excluding hydrogens is 232 g/mol. The number of nitriles is 1. The normalized spacial score (nSPS) is 10.9. The number of hydrogen-bond acceptors (Lipinski definition) is 1. The number of H-pyrrole nitrogens is 1. The van der Waals surface area contributed by atoms with Crippen LogP contribution >= 0.6 is 0 Å². The van der Waals surface area contributed by atoms with E-state index in [2.05, 4.69) is 29.3 Å². The lowest BCUT2D eigenvalue weighted by molar-refractivity contribution is 1.47. The Morgan fingerprint density at radius 2 is 1.89 bits per heavy atom. The molecule has 3 aromatic rings. The molecule has 1 aromatic heterocycles. The second kappa shape index (κ2) is 4.83. The molecule has 0 atom stereocenters. The molecule has 0 unspecified atom stereocenters. The molecule has 0 aliphatic carbocycles. The van der Waals surface area contributed by atoms with E-state index in [9.17, 15) is 0 Å². The topological polar surface area (TPSA) is 39.6 Å². The molecule has 0 saturated heterocycles. The lowest BCUT2D eigenvalue weighted by Crippen LogP contribution is -1.76. The quantitative estimate of drug-likeness (QED) is 0.720. The van der Waals surface area contributed by atoms with Gasteiger partial charge in [-0.05, 0) is 29.3 Å². The van der Waals surface area contributed by atoms with E-state index in [1.165, 1.54) is 5.39 Å². The van der Waals surface area contributed by atoms with Crippen LogP contribution in [0.1, 0.15) is 16.7 Å². The van der Waals surface area contributed by atoms with E-state index >= 15 is 0 Å². The summed E-state index contributed by atoms with van der Waals surface area (Å²) in [7, 11) is 0. The highest BCUT2D eigenvalue weighted by Gasteiger charge is 1.98. The number of rotatable bonds is 2. The maximum atomic E-state index is 8.88. The van der Waals surface area contributed by atoms with Crippen LogP contribution in [0.2, 0.25) is 0 Å². The number of aromatic nitrogens is 1. The Kier molecular flexibility index (Phi) is 2.88. The molecule has 0 saturated carbocycles. The summed E-state index contributed by atoms with van der Waals surface area (Å²) in [6.07, 6.45) is 6.08. The van der Waals surface area contributed by atoms with Crippen LogP contribution in [0.15, 0.2) is 54.7 Å². The molecule has 3 rings (SSSR count). The largest absolute Gasteiger partial charge is 0.361 e. The molecule has 0 aliphatic rings. The van der Waals surface area contributed by atoms with E-state index in [1.807, 2.05) is 48.7 Å². The molecule has 90 valence electrons. The summed E-state index contributed by atoms with van der Waals surface area (Å²) in [4.78, 5) is 3.24. The fourth-order valence-electron chi connectivity index (χ4n) is 2.13. The van der Waals surface area contributed by atoms with Crippen LogP contribution in [0.4, 0.5) is 0 Å². The highest BCUT2D eigenvalue weighted by Crippen LogP contribution is 2.20. The Balaban J connectivity index is 1.96. The van der Waals surface area contributed by atoms with E-state index < -0.39 is 0 Å². The summed E-state index contributed by atoms with van der Waals surface area (Å²) in [6, 6.07) is 17.9. The van der Waals surface area contributed by atoms with Gasteiger partial charge < -0.3 is 4.98 Å². The number of nitrogens with zero attached hydrogens (tertiary/aromatic N) is 1. The minimum absolute atomic E-state index is 0.682. The van der Waals surface area contributed by atoms with E-state index in [-0.39, 0.29) is 0 Å². The zero-order valence-corrected chi connectivity index (χ0v) is 10.3. The molecule has 0 amide bonds. The standard InChI is InChI=1S/C17H12N2/c18-11-14-5-3-4-13(10-14)8-9-15-12-19-17-7-2-1-6-16(15)17/h1-10,12,19H/b9-8+. The highest BCUT2D eigenvalue weighted by atomic mass is 14.7. The Labute approximate surface area is 111 Å². The van der Waals surface area contributed by atoms with Crippen LogP contribution < -0.4 is 0 Å². The molecule has 0 bridgehead atoms. The summed E-state index contributed by atoms with van der Waals surface area (Å²) < 4.78 is 0. The van der Waals surface area contributed by atoms with Gasteiger partial charge in [-0.15, -0.1) is 0 Å². The van der Waals surface area contributed by atoms with Crippen LogP contribution in [0.5, 0.6) is 0 Å². The molecule has 2 nitrogen and oxygen atoms in total. The van der Waals surface area contributed by atoms with Gasteiger partial charge in [0.1, 0.15) is 0 Å². The molecule has 0 fully saturated rings. The Hall–Kier alpha value is -2.79. The smallest absolute Gasteiger partial charge is 0.0991 e. The first-order valence-corrected chi connectivity index (χ1v) is 6.11. The SMILES string of the molecule is N#Cc1cccc(/C=C/c2c[nH]c3ccccc23)c1. The zero-order chi connectivity index (χ0) is 13.1. The van der Waals surface area contributed by atoms with E-state index in [1.54, 1.807) is 0 Å². The van der Waals surface area contributed by atoms with Crippen LogP contribution in [-0.4, -0.2) is 4.98 Å². The van der Waals surface area contributed by atoms with Crippen LogP contribution in [0, 0.1) is 11.3 Å². The highest BCUT2D eigenvalue weighted by molar-refractivity contribution is 5.91. The Morgan fingerprint density at radius 1 is 1.00 bits per heavy atom. The summed E-state index contributed by atoms with van der Waals surface area (Å²) >= 11 is 0.